The van der Waals surface area contributed by atoms with Gasteiger partial charge in [0.1, 0.15) is 5.78 Å². The number of hydrogen-bond donors (Lipinski definition) is 1. The van der Waals surface area contributed by atoms with Crippen LogP contribution in [-0.2, 0) is 4.79 Å². The Morgan fingerprint density at radius 1 is 1.00 bits per heavy atom. The van der Waals surface area contributed by atoms with Gasteiger partial charge in [-0.3, -0.25) is 4.79 Å². The Labute approximate surface area is 138 Å². The summed E-state index contributed by atoms with van der Waals surface area (Å²) in [5, 5.41) is 3.28. The van der Waals surface area contributed by atoms with E-state index >= 15 is 0 Å². The Kier molecular flexibility index (Phi) is 5.24. The summed E-state index contributed by atoms with van der Waals surface area (Å²) >= 11 is 5.56. The number of ketones is 1. The molecular weight excluding hydrogens is 290 g/mol. The van der Waals surface area contributed by atoms with Gasteiger partial charge in [-0.25, -0.2) is 0 Å². The number of carbonyl (C=O) groups excluding carboxylic acids is 1. The molecule has 1 aromatic carbocycles. The highest BCUT2D eigenvalue weighted by molar-refractivity contribution is 7.80. The maximum atomic E-state index is 12.3. The first-order chi connectivity index (χ1) is 10.7. The molecule has 2 aliphatic rings. The molecule has 2 atom stereocenters. The van der Waals surface area contributed by atoms with Crippen molar-refractivity contribution in [2.24, 2.45) is 17.8 Å². The molecule has 0 radical (unpaired) electrons. The van der Waals surface area contributed by atoms with Crippen LogP contribution in [0, 0.1) is 17.8 Å². The van der Waals surface area contributed by atoms with Crippen LogP contribution in [0.1, 0.15) is 51.4 Å². The zero-order valence-electron chi connectivity index (χ0n) is 13.1. The molecule has 0 aliphatic heterocycles. The molecule has 0 spiro atoms. The number of anilines is 1. The summed E-state index contributed by atoms with van der Waals surface area (Å²) in [4.78, 5) is 13.0. The molecule has 2 saturated carbocycles. The quantitative estimate of drug-likeness (QED) is 0.797. The average molecular weight is 315 g/mol. The lowest BCUT2D eigenvalue weighted by atomic mass is 9.70. The van der Waals surface area contributed by atoms with Gasteiger partial charge in [-0.15, -0.1) is 0 Å². The molecule has 0 heterocycles. The summed E-state index contributed by atoms with van der Waals surface area (Å²) in [5.41, 5.74) is 0.986. The van der Waals surface area contributed by atoms with Gasteiger partial charge in [0.05, 0.1) is 10.9 Å². The van der Waals surface area contributed by atoms with Gasteiger partial charge in [-0.1, -0.05) is 62.5 Å². The van der Waals surface area contributed by atoms with Crippen LogP contribution in [-0.4, -0.2) is 10.8 Å². The van der Waals surface area contributed by atoms with Gasteiger partial charge in [0, 0.05) is 12.1 Å². The van der Waals surface area contributed by atoms with E-state index in [9.17, 15) is 4.79 Å². The van der Waals surface area contributed by atoms with Crippen molar-refractivity contribution in [1.29, 1.82) is 0 Å². The Balaban J connectivity index is 1.63. The molecule has 2 aliphatic carbocycles. The van der Waals surface area contributed by atoms with E-state index in [1.165, 1.54) is 32.1 Å². The van der Waals surface area contributed by atoms with E-state index < -0.39 is 0 Å². The molecule has 118 valence electrons. The van der Waals surface area contributed by atoms with E-state index in [1.807, 2.05) is 30.3 Å². The number of benzene rings is 1. The van der Waals surface area contributed by atoms with Crippen LogP contribution in [0.2, 0.25) is 0 Å². The largest absolute Gasteiger partial charge is 0.349 e. The predicted molar refractivity (Wildman–Crippen MR) is 95.1 cm³/mol. The molecule has 2 fully saturated rings. The van der Waals surface area contributed by atoms with Crippen molar-refractivity contribution in [2.75, 3.05) is 5.32 Å². The van der Waals surface area contributed by atoms with Crippen molar-refractivity contribution < 1.29 is 4.79 Å². The first-order valence-electron chi connectivity index (χ1n) is 8.62. The van der Waals surface area contributed by atoms with Gasteiger partial charge in [0.2, 0.25) is 0 Å². The van der Waals surface area contributed by atoms with Crippen LogP contribution < -0.4 is 5.32 Å². The fourth-order valence-corrected chi connectivity index (χ4v) is 4.44. The summed E-state index contributed by atoms with van der Waals surface area (Å²) in [6.45, 7) is 0. The minimum atomic E-state index is -0.0733. The summed E-state index contributed by atoms with van der Waals surface area (Å²) in [7, 11) is 0. The van der Waals surface area contributed by atoms with Crippen molar-refractivity contribution in [2.45, 2.75) is 51.4 Å². The number of Topliss-reactive ketones (excluding diaryl/α,β-unsaturated/α-hetero) is 1. The zero-order chi connectivity index (χ0) is 15.4. The summed E-state index contributed by atoms with van der Waals surface area (Å²) in [6.07, 6.45) is 9.58. The standard InChI is InChI=1S/C19H25NOS/c21-18-12-11-15(14-7-3-1-4-8-14)13-17(18)19(22)20-16-9-5-2-6-10-16/h2,5-6,9-10,14-15,17H,1,3-4,7-8,11-13H2,(H,20,22). The second-order valence-electron chi connectivity index (χ2n) is 6.81. The third-order valence-electron chi connectivity index (χ3n) is 5.36. The van der Waals surface area contributed by atoms with Crippen molar-refractivity contribution >= 4 is 28.7 Å². The Morgan fingerprint density at radius 2 is 1.73 bits per heavy atom. The minimum absolute atomic E-state index is 0.0733. The monoisotopic (exact) mass is 315 g/mol. The van der Waals surface area contributed by atoms with E-state index in [0.717, 1.165) is 29.4 Å². The van der Waals surface area contributed by atoms with Crippen LogP contribution >= 0.6 is 12.2 Å². The van der Waals surface area contributed by atoms with Gasteiger partial charge in [0.25, 0.3) is 0 Å². The van der Waals surface area contributed by atoms with E-state index in [4.69, 9.17) is 12.2 Å². The maximum absolute atomic E-state index is 12.3. The number of thiocarbonyl (C=S) groups is 1. The summed E-state index contributed by atoms with van der Waals surface area (Å²) in [5.74, 6) is 1.78. The summed E-state index contributed by atoms with van der Waals surface area (Å²) in [6, 6.07) is 9.95. The summed E-state index contributed by atoms with van der Waals surface area (Å²) < 4.78 is 0. The fraction of sp³-hybridized carbons (Fsp3) is 0.579. The Morgan fingerprint density at radius 3 is 2.45 bits per heavy atom. The van der Waals surface area contributed by atoms with E-state index in [0.29, 0.717) is 18.1 Å². The normalized spacial score (nSPS) is 26.6. The molecule has 1 aromatic rings. The van der Waals surface area contributed by atoms with Crippen molar-refractivity contribution in [3.63, 3.8) is 0 Å². The molecular formula is C19H25NOS. The average Bonchev–Trinajstić information content (AvgIpc) is 2.57. The lowest BCUT2D eigenvalue weighted by Crippen LogP contribution is -2.36. The van der Waals surface area contributed by atoms with Crippen molar-refractivity contribution in [3.8, 4) is 0 Å². The number of carbonyl (C=O) groups is 1. The first-order valence-corrected chi connectivity index (χ1v) is 9.03. The highest BCUT2D eigenvalue weighted by atomic mass is 32.1. The molecule has 0 aromatic heterocycles. The SMILES string of the molecule is O=C1CCC(C2CCCCC2)CC1C(=S)Nc1ccccc1. The molecule has 3 heteroatoms. The zero-order valence-corrected chi connectivity index (χ0v) is 13.9. The van der Waals surface area contributed by atoms with Crippen molar-refractivity contribution in [1.82, 2.24) is 0 Å². The second-order valence-corrected chi connectivity index (χ2v) is 7.25. The predicted octanol–water partition coefficient (Wildman–Crippen LogP) is 4.99. The van der Waals surface area contributed by atoms with Crippen LogP contribution in [0.25, 0.3) is 0 Å². The van der Waals surface area contributed by atoms with Crippen molar-refractivity contribution in [3.05, 3.63) is 30.3 Å². The van der Waals surface area contributed by atoms with E-state index in [1.54, 1.807) is 0 Å². The topological polar surface area (TPSA) is 29.1 Å². The van der Waals surface area contributed by atoms with Gasteiger partial charge in [0.15, 0.2) is 0 Å². The van der Waals surface area contributed by atoms with E-state index in [2.05, 4.69) is 5.32 Å². The third kappa shape index (κ3) is 3.75. The highest BCUT2D eigenvalue weighted by Gasteiger charge is 2.35. The molecule has 2 unspecified atom stereocenters. The van der Waals surface area contributed by atoms with Gasteiger partial charge in [-0.2, -0.15) is 0 Å². The van der Waals surface area contributed by atoms with Crippen LogP contribution in [0.5, 0.6) is 0 Å². The number of hydrogen-bond acceptors (Lipinski definition) is 2. The molecule has 3 rings (SSSR count). The Bertz CT molecular complexity index is 521. The molecule has 0 bridgehead atoms. The molecule has 22 heavy (non-hydrogen) atoms. The second kappa shape index (κ2) is 7.36. The molecule has 0 amide bonds. The smallest absolute Gasteiger partial charge is 0.142 e. The van der Waals surface area contributed by atoms with Gasteiger partial charge in [-0.05, 0) is 36.8 Å². The number of rotatable bonds is 3. The minimum Gasteiger partial charge on any atom is -0.349 e. The van der Waals surface area contributed by atoms with Crippen LogP contribution in [0.15, 0.2) is 30.3 Å². The Hall–Kier alpha value is -1.22. The molecule has 2 nitrogen and oxygen atoms in total. The van der Waals surface area contributed by atoms with Crippen LogP contribution in [0.4, 0.5) is 5.69 Å². The lowest BCUT2D eigenvalue weighted by Gasteiger charge is -2.36. The van der Waals surface area contributed by atoms with Gasteiger partial charge < -0.3 is 5.32 Å². The van der Waals surface area contributed by atoms with Crippen LogP contribution in [0.3, 0.4) is 0 Å². The first kappa shape index (κ1) is 15.7. The highest BCUT2D eigenvalue weighted by Crippen LogP contribution is 2.39. The number of para-hydroxylation sites is 1. The molecule has 0 saturated heterocycles. The van der Waals surface area contributed by atoms with E-state index in [-0.39, 0.29) is 5.92 Å². The lowest BCUT2D eigenvalue weighted by molar-refractivity contribution is -0.123. The molecule has 1 N–H and O–H groups in total. The fourth-order valence-electron chi connectivity index (χ4n) is 4.09. The maximum Gasteiger partial charge on any atom is 0.142 e. The third-order valence-corrected chi connectivity index (χ3v) is 5.75. The van der Waals surface area contributed by atoms with Gasteiger partial charge >= 0.3 is 0 Å². The number of nitrogens with one attached hydrogen (secondary N) is 1.